The molecule has 2 heterocycles. The summed E-state index contributed by atoms with van der Waals surface area (Å²) in [6, 6.07) is 2.03. The SMILES string of the molecule is Cc1cc(C)[n+](-c2nnc(S(N)(=O)=O)s2)c(C)c1C. The zero-order valence-corrected chi connectivity index (χ0v) is 12.8. The van der Waals surface area contributed by atoms with Crippen molar-refractivity contribution in [1.29, 1.82) is 0 Å². The number of hydrogen-bond donors (Lipinski definition) is 1. The summed E-state index contributed by atoms with van der Waals surface area (Å²) >= 11 is 0.964. The first-order valence-electron chi connectivity index (χ1n) is 5.58. The van der Waals surface area contributed by atoms with Crippen LogP contribution in [-0.2, 0) is 10.0 Å². The molecule has 0 unspecified atom stereocenters. The predicted octanol–water partition coefficient (Wildman–Crippen LogP) is 0.696. The van der Waals surface area contributed by atoms with Crippen LogP contribution in [0, 0.1) is 27.7 Å². The summed E-state index contributed by atoms with van der Waals surface area (Å²) in [5.41, 5.74) is 4.30. The van der Waals surface area contributed by atoms with Gasteiger partial charge in [-0.15, -0.1) is 0 Å². The molecule has 0 atom stereocenters. The van der Waals surface area contributed by atoms with E-state index in [0.29, 0.717) is 5.13 Å². The maximum absolute atomic E-state index is 11.2. The third-order valence-electron chi connectivity index (χ3n) is 3.08. The molecular weight excluding hydrogens is 284 g/mol. The predicted molar refractivity (Wildman–Crippen MR) is 71.8 cm³/mol. The third-order valence-corrected chi connectivity index (χ3v) is 5.30. The van der Waals surface area contributed by atoms with E-state index in [-0.39, 0.29) is 4.34 Å². The fraction of sp³-hybridized carbons (Fsp3) is 0.364. The minimum absolute atomic E-state index is 0.174. The minimum Gasteiger partial charge on any atom is -0.222 e. The first kappa shape index (κ1) is 14.0. The number of sulfonamides is 1. The topological polar surface area (TPSA) is 89.8 Å². The van der Waals surface area contributed by atoms with Crippen LogP contribution >= 0.6 is 11.3 Å². The number of aromatic nitrogens is 3. The average molecular weight is 299 g/mol. The van der Waals surface area contributed by atoms with Crippen LogP contribution in [0.3, 0.4) is 0 Å². The molecule has 0 saturated heterocycles. The molecule has 0 amide bonds. The molecule has 8 heteroatoms. The fourth-order valence-corrected chi connectivity index (χ4v) is 3.44. The molecular formula is C11H15N4O2S2+. The van der Waals surface area contributed by atoms with Gasteiger partial charge in [-0.05, 0) is 61.3 Å². The van der Waals surface area contributed by atoms with Gasteiger partial charge in [0, 0.05) is 0 Å². The van der Waals surface area contributed by atoms with E-state index in [4.69, 9.17) is 5.14 Å². The molecule has 2 aromatic heterocycles. The summed E-state index contributed by atoms with van der Waals surface area (Å²) in [6.45, 7) is 7.96. The van der Waals surface area contributed by atoms with E-state index in [0.717, 1.165) is 28.3 Å². The van der Waals surface area contributed by atoms with E-state index < -0.39 is 10.0 Å². The highest BCUT2D eigenvalue weighted by atomic mass is 32.2. The monoisotopic (exact) mass is 299 g/mol. The highest BCUT2D eigenvalue weighted by Gasteiger charge is 2.25. The van der Waals surface area contributed by atoms with Gasteiger partial charge in [-0.1, -0.05) is 0 Å². The highest BCUT2D eigenvalue weighted by Crippen LogP contribution is 2.17. The lowest BCUT2D eigenvalue weighted by Gasteiger charge is -2.08. The number of aryl methyl sites for hydroxylation is 2. The number of nitrogens with zero attached hydrogens (tertiary/aromatic N) is 3. The Morgan fingerprint density at radius 3 is 2.37 bits per heavy atom. The van der Waals surface area contributed by atoms with Crippen molar-refractivity contribution in [3.63, 3.8) is 0 Å². The molecule has 0 saturated carbocycles. The van der Waals surface area contributed by atoms with Crippen LogP contribution < -0.4 is 9.71 Å². The molecule has 6 nitrogen and oxygen atoms in total. The Balaban J connectivity index is 2.67. The summed E-state index contributed by atoms with van der Waals surface area (Å²) < 4.78 is 24.2. The Labute approximate surface area is 116 Å². The van der Waals surface area contributed by atoms with E-state index in [9.17, 15) is 8.42 Å². The molecule has 0 aliphatic heterocycles. The molecule has 19 heavy (non-hydrogen) atoms. The van der Waals surface area contributed by atoms with Gasteiger partial charge in [-0.2, -0.15) is 4.57 Å². The molecule has 0 aliphatic rings. The highest BCUT2D eigenvalue weighted by molar-refractivity contribution is 7.91. The van der Waals surface area contributed by atoms with Crippen molar-refractivity contribution in [3.8, 4) is 5.13 Å². The Kier molecular flexibility index (Phi) is 3.41. The van der Waals surface area contributed by atoms with E-state index in [1.165, 1.54) is 5.56 Å². The summed E-state index contributed by atoms with van der Waals surface area (Å²) in [5, 5.41) is 13.1. The van der Waals surface area contributed by atoms with Crippen molar-refractivity contribution in [2.75, 3.05) is 0 Å². The Morgan fingerprint density at radius 1 is 1.21 bits per heavy atom. The van der Waals surface area contributed by atoms with E-state index in [1.54, 1.807) is 0 Å². The van der Waals surface area contributed by atoms with Crippen molar-refractivity contribution >= 4 is 21.4 Å². The van der Waals surface area contributed by atoms with Gasteiger partial charge in [-0.25, -0.2) is 13.6 Å². The van der Waals surface area contributed by atoms with Gasteiger partial charge in [0.1, 0.15) is 11.4 Å². The smallest absolute Gasteiger partial charge is 0.222 e. The molecule has 0 spiro atoms. The van der Waals surface area contributed by atoms with Crippen LogP contribution in [0.25, 0.3) is 5.13 Å². The van der Waals surface area contributed by atoms with Gasteiger partial charge >= 0.3 is 5.13 Å². The van der Waals surface area contributed by atoms with Crippen molar-refractivity contribution in [2.24, 2.45) is 5.14 Å². The Hall–Kier alpha value is -1.38. The van der Waals surface area contributed by atoms with Crippen LogP contribution in [0.1, 0.15) is 22.5 Å². The van der Waals surface area contributed by atoms with Gasteiger partial charge < -0.3 is 0 Å². The lowest BCUT2D eigenvalue weighted by Crippen LogP contribution is -2.38. The normalized spacial score (nSPS) is 11.8. The van der Waals surface area contributed by atoms with Gasteiger partial charge in [0.25, 0.3) is 14.4 Å². The Morgan fingerprint density at radius 2 is 1.84 bits per heavy atom. The second kappa shape index (κ2) is 4.62. The maximum atomic E-state index is 11.2. The first-order valence-corrected chi connectivity index (χ1v) is 7.94. The first-order chi connectivity index (χ1) is 8.71. The summed E-state index contributed by atoms with van der Waals surface area (Å²) in [7, 11) is -3.80. The minimum atomic E-state index is -3.80. The maximum Gasteiger partial charge on any atom is 0.416 e. The van der Waals surface area contributed by atoms with E-state index in [2.05, 4.69) is 10.2 Å². The lowest BCUT2D eigenvalue weighted by molar-refractivity contribution is -0.609. The lowest BCUT2D eigenvalue weighted by atomic mass is 10.1. The largest absolute Gasteiger partial charge is 0.416 e. The summed E-state index contributed by atoms with van der Waals surface area (Å²) in [4.78, 5) is 0. The zero-order valence-electron chi connectivity index (χ0n) is 11.1. The molecule has 0 fully saturated rings. The van der Waals surface area contributed by atoms with Crippen LogP contribution in [0.2, 0.25) is 0 Å². The number of hydrogen-bond acceptors (Lipinski definition) is 5. The Bertz CT molecular complexity index is 750. The van der Waals surface area contributed by atoms with E-state index >= 15 is 0 Å². The van der Waals surface area contributed by atoms with Gasteiger partial charge in [0.15, 0.2) is 0 Å². The fourth-order valence-electron chi connectivity index (χ4n) is 1.91. The van der Waals surface area contributed by atoms with Gasteiger partial charge in [0.2, 0.25) is 0 Å². The summed E-state index contributed by atoms with van der Waals surface area (Å²) in [5.74, 6) is 0. The van der Waals surface area contributed by atoms with Crippen molar-refractivity contribution in [3.05, 3.63) is 28.6 Å². The van der Waals surface area contributed by atoms with Gasteiger partial charge in [0.05, 0.1) is 5.10 Å². The van der Waals surface area contributed by atoms with Crippen LogP contribution in [-0.4, -0.2) is 18.6 Å². The molecule has 2 N–H and O–H groups in total. The molecule has 2 rings (SSSR count). The molecule has 0 radical (unpaired) electrons. The number of primary sulfonamides is 1. The van der Waals surface area contributed by atoms with Crippen LogP contribution in [0.4, 0.5) is 0 Å². The molecule has 0 aromatic carbocycles. The summed E-state index contributed by atoms with van der Waals surface area (Å²) in [6.07, 6.45) is 0. The zero-order chi connectivity index (χ0) is 14.4. The number of pyridine rings is 1. The number of nitrogens with two attached hydrogens (primary N) is 1. The van der Waals surface area contributed by atoms with E-state index in [1.807, 2.05) is 38.3 Å². The van der Waals surface area contributed by atoms with Gasteiger partial charge in [-0.3, -0.25) is 0 Å². The van der Waals surface area contributed by atoms with Crippen LogP contribution in [0.15, 0.2) is 10.4 Å². The standard InChI is InChI=1S/C11H15N4O2S2/c1-6-5-7(2)15(9(4)8(6)3)10-13-14-11(18-10)19(12,16)17/h5H,1-4H3,(H2,12,16,17)/q+1. The second-order valence-corrected chi connectivity index (χ2v) is 7.10. The van der Waals surface area contributed by atoms with Crippen molar-refractivity contribution in [2.45, 2.75) is 32.0 Å². The molecule has 2 aromatic rings. The number of rotatable bonds is 2. The molecule has 0 bridgehead atoms. The van der Waals surface area contributed by atoms with Crippen LogP contribution in [0.5, 0.6) is 0 Å². The average Bonchev–Trinajstić information content (AvgIpc) is 2.75. The molecule has 102 valence electrons. The molecule has 0 aliphatic carbocycles. The van der Waals surface area contributed by atoms with Crippen molar-refractivity contribution < 1.29 is 13.0 Å². The second-order valence-electron chi connectivity index (χ2n) is 4.41. The quantitative estimate of drug-likeness (QED) is 0.826. The van der Waals surface area contributed by atoms with Crippen molar-refractivity contribution in [1.82, 2.24) is 10.2 Å². The third kappa shape index (κ3) is 2.51.